The Kier molecular flexibility index (Phi) is 3.42. The number of esters is 1. The first-order valence-corrected chi connectivity index (χ1v) is 5.72. The quantitative estimate of drug-likeness (QED) is 0.542. The van der Waals surface area contributed by atoms with Crippen LogP contribution in [0.5, 0.6) is 0 Å². The van der Waals surface area contributed by atoms with Crippen LogP contribution in [0.3, 0.4) is 0 Å². The summed E-state index contributed by atoms with van der Waals surface area (Å²) in [5.74, 6) is 0.650. The van der Waals surface area contributed by atoms with Crippen LogP contribution in [-0.4, -0.2) is 36.4 Å². The lowest BCUT2D eigenvalue weighted by atomic mass is 10.1. The fraction of sp³-hybridized carbons (Fsp3) is 0.727. The summed E-state index contributed by atoms with van der Waals surface area (Å²) >= 11 is 0. The Bertz CT molecular complexity index is 398. The Morgan fingerprint density at radius 1 is 1.53 bits per heavy atom. The SMILES string of the molecule is CCOCCc1noc(C2(C(=O)OC)CC2)n1. The van der Waals surface area contributed by atoms with Crippen molar-refractivity contribution in [3.05, 3.63) is 11.7 Å². The third-order valence-electron chi connectivity index (χ3n) is 2.88. The summed E-state index contributed by atoms with van der Waals surface area (Å²) < 4.78 is 15.1. The highest BCUT2D eigenvalue weighted by atomic mass is 16.5. The summed E-state index contributed by atoms with van der Waals surface area (Å²) in [6.45, 7) is 3.15. The second-order valence-corrected chi connectivity index (χ2v) is 4.04. The zero-order valence-corrected chi connectivity index (χ0v) is 10.1. The molecule has 17 heavy (non-hydrogen) atoms. The molecule has 0 spiro atoms. The molecule has 0 N–H and O–H groups in total. The molecule has 1 fully saturated rings. The third kappa shape index (κ3) is 2.31. The normalized spacial score (nSPS) is 16.8. The van der Waals surface area contributed by atoms with E-state index in [1.165, 1.54) is 7.11 Å². The van der Waals surface area contributed by atoms with E-state index in [2.05, 4.69) is 10.1 Å². The summed E-state index contributed by atoms with van der Waals surface area (Å²) in [7, 11) is 1.37. The van der Waals surface area contributed by atoms with E-state index in [9.17, 15) is 4.79 Å². The van der Waals surface area contributed by atoms with Crippen LogP contribution < -0.4 is 0 Å². The standard InChI is InChI=1S/C11H16N2O4/c1-3-16-7-4-8-12-9(17-13-8)11(5-6-11)10(14)15-2/h3-7H2,1-2H3. The molecule has 1 aliphatic rings. The zero-order chi connectivity index (χ0) is 12.3. The number of rotatable bonds is 6. The van der Waals surface area contributed by atoms with E-state index in [0.717, 1.165) is 0 Å². The van der Waals surface area contributed by atoms with Crippen molar-refractivity contribution < 1.29 is 18.8 Å². The highest BCUT2D eigenvalue weighted by Gasteiger charge is 2.57. The number of methoxy groups -OCH3 is 1. The lowest BCUT2D eigenvalue weighted by Gasteiger charge is -2.05. The van der Waals surface area contributed by atoms with Crippen molar-refractivity contribution in [2.45, 2.75) is 31.6 Å². The molecule has 0 amide bonds. The summed E-state index contributed by atoms with van der Waals surface area (Å²) in [6, 6.07) is 0. The minimum atomic E-state index is -0.675. The number of hydrogen-bond donors (Lipinski definition) is 0. The van der Waals surface area contributed by atoms with E-state index in [1.807, 2.05) is 6.92 Å². The smallest absolute Gasteiger partial charge is 0.321 e. The summed E-state index contributed by atoms with van der Waals surface area (Å²) in [5.41, 5.74) is -0.675. The molecular formula is C11H16N2O4. The van der Waals surface area contributed by atoms with Crippen molar-refractivity contribution in [3.8, 4) is 0 Å². The number of carbonyl (C=O) groups excluding carboxylic acids is 1. The highest BCUT2D eigenvalue weighted by Crippen LogP contribution is 2.48. The number of ether oxygens (including phenoxy) is 2. The largest absolute Gasteiger partial charge is 0.468 e. The van der Waals surface area contributed by atoms with E-state index >= 15 is 0 Å². The topological polar surface area (TPSA) is 74.5 Å². The second-order valence-electron chi connectivity index (χ2n) is 4.04. The van der Waals surface area contributed by atoms with Crippen molar-refractivity contribution in [1.29, 1.82) is 0 Å². The zero-order valence-electron chi connectivity index (χ0n) is 10.1. The van der Waals surface area contributed by atoms with Crippen molar-refractivity contribution in [1.82, 2.24) is 10.1 Å². The highest BCUT2D eigenvalue weighted by molar-refractivity contribution is 5.85. The van der Waals surface area contributed by atoms with Gasteiger partial charge >= 0.3 is 5.97 Å². The van der Waals surface area contributed by atoms with Gasteiger partial charge in [0.2, 0.25) is 5.89 Å². The molecule has 0 bridgehead atoms. The molecule has 1 aliphatic carbocycles. The van der Waals surface area contributed by atoms with Gasteiger partial charge in [-0.05, 0) is 19.8 Å². The van der Waals surface area contributed by atoms with Gasteiger partial charge in [-0.3, -0.25) is 4.79 Å². The Labute approximate surface area is 99.3 Å². The fourth-order valence-electron chi connectivity index (χ4n) is 1.68. The van der Waals surface area contributed by atoms with Crippen molar-refractivity contribution in [2.75, 3.05) is 20.3 Å². The maximum atomic E-state index is 11.6. The molecule has 0 aromatic carbocycles. The van der Waals surface area contributed by atoms with E-state index in [-0.39, 0.29) is 5.97 Å². The molecule has 0 aliphatic heterocycles. The second kappa shape index (κ2) is 4.83. The maximum absolute atomic E-state index is 11.6. The molecule has 1 aromatic heterocycles. The van der Waals surface area contributed by atoms with Crippen LogP contribution in [0.4, 0.5) is 0 Å². The summed E-state index contributed by atoms with van der Waals surface area (Å²) in [6.07, 6.45) is 2.02. The average Bonchev–Trinajstić information content (AvgIpc) is 3.03. The minimum absolute atomic E-state index is 0.294. The molecule has 1 aromatic rings. The number of carbonyl (C=O) groups is 1. The van der Waals surface area contributed by atoms with Crippen LogP contribution >= 0.6 is 0 Å². The first-order valence-electron chi connectivity index (χ1n) is 5.72. The van der Waals surface area contributed by atoms with Crippen molar-refractivity contribution in [3.63, 3.8) is 0 Å². The molecule has 0 saturated heterocycles. The van der Waals surface area contributed by atoms with Gasteiger partial charge in [0.1, 0.15) is 5.41 Å². The Hall–Kier alpha value is -1.43. The molecular weight excluding hydrogens is 224 g/mol. The molecule has 1 saturated carbocycles. The van der Waals surface area contributed by atoms with Crippen LogP contribution in [0, 0.1) is 0 Å². The monoisotopic (exact) mass is 240 g/mol. The summed E-state index contributed by atoms with van der Waals surface area (Å²) in [4.78, 5) is 15.8. The van der Waals surface area contributed by atoms with Gasteiger partial charge in [-0.1, -0.05) is 5.16 Å². The molecule has 94 valence electrons. The van der Waals surface area contributed by atoms with Crippen LogP contribution in [0.25, 0.3) is 0 Å². The van der Waals surface area contributed by atoms with Gasteiger partial charge < -0.3 is 14.0 Å². The molecule has 0 radical (unpaired) electrons. The lowest BCUT2D eigenvalue weighted by Crippen LogP contribution is -2.22. The number of nitrogens with zero attached hydrogens (tertiary/aromatic N) is 2. The molecule has 0 unspecified atom stereocenters. The predicted octanol–water partition coefficient (Wildman–Crippen LogP) is 0.853. The van der Waals surface area contributed by atoms with E-state index in [4.69, 9.17) is 14.0 Å². The molecule has 6 heteroatoms. The number of aromatic nitrogens is 2. The van der Waals surface area contributed by atoms with Gasteiger partial charge in [-0.15, -0.1) is 0 Å². The van der Waals surface area contributed by atoms with Gasteiger partial charge in [0.25, 0.3) is 0 Å². The van der Waals surface area contributed by atoms with Crippen LogP contribution in [-0.2, 0) is 26.1 Å². The Morgan fingerprint density at radius 3 is 2.88 bits per heavy atom. The van der Waals surface area contributed by atoms with Crippen LogP contribution in [0.2, 0.25) is 0 Å². The van der Waals surface area contributed by atoms with E-state index in [1.54, 1.807) is 0 Å². The van der Waals surface area contributed by atoms with Gasteiger partial charge in [0.15, 0.2) is 5.82 Å². The molecule has 0 atom stereocenters. The molecule has 6 nitrogen and oxygen atoms in total. The predicted molar refractivity (Wildman–Crippen MR) is 57.4 cm³/mol. The number of hydrogen-bond acceptors (Lipinski definition) is 6. The molecule has 1 heterocycles. The molecule has 2 rings (SSSR count). The van der Waals surface area contributed by atoms with E-state index < -0.39 is 5.41 Å². The van der Waals surface area contributed by atoms with Gasteiger partial charge in [0.05, 0.1) is 13.7 Å². The Balaban J connectivity index is 2.01. The van der Waals surface area contributed by atoms with Crippen molar-refractivity contribution in [2.24, 2.45) is 0 Å². The Morgan fingerprint density at radius 2 is 2.29 bits per heavy atom. The minimum Gasteiger partial charge on any atom is -0.468 e. The van der Waals surface area contributed by atoms with Gasteiger partial charge in [-0.2, -0.15) is 4.98 Å². The summed E-state index contributed by atoms with van der Waals surface area (Å²) in [5, 5.41) is 3.84. The van der Waals surface area contributed by atoms with Crippen LogP contribution in [0.1, 0.15) is 31.5 Å². The lowest BCUT2D eigenvalue weighted by molar-refractivity contribution is -0.144. The fourth-order valence-corrected chi connectivity index (χ4v) is 1.68. The van der Waals surface area contributed by atoms with E-state index in [0.29, 0.717) is 44.2 Å². The first kappa shape index (κ1) is 12.0. The van der Waals surface area contributed by atoms with Crippen LogP contribution in [0.15, 0.2) is 4.52 Å². The average molecular weight is 240 g/mol. The van der Waals surface area contributed by atoms with Crippen molar-refractivity contribution >= 4 is 5.97 Å². The first-order chi connectivity index (χ1) is 8.23. The maximum Gasteiger partial charge on any atom is 0.321 e. The third-order valence-corrected chi connectivity index (χ3v) is 2.88. The van der Waals surface area contributed by atoms with Gasteiger partial charge in [0, 0.05) is 13.0 Å². The van der Waals surface area contributed by atoms with Gasteiger partial charge in [-0.25, -0.2) is 0 Å².